The van der Waals surface area contributed by atoms with E-state index in [0.717, 1.165) is 5.39 Å². The molecule has 0 saturated heterocycles. The fourth-order valence-electron chi connectivity index (χ4n) is 1.34. The van der Waals surface area contributed by atoms with Crippen molar-refractivity contribution in [1.82, 2.24) is 9.97 Å². The summed E-state index contributed by atoms with van der Waals surface area (Å²) >= 11 is 5.83. The standard InChI is InChI=1S/C9H8ClN3O/c10-5-1-2-7-6(3-5)8(4-11)13-9(14)12-7/h1-3H,4,11H2,(H,12,13,14). The van der Waals surface area contributed by atoms with Gasteiger partial charge in [-0.2, -0.15) is 4.98 Å². The molecule has 0 spiro atoms. The van der Waals surface area contributed by atoms with E-state index in [1.807, 2.05) is 0 Å². The van der Waals surface area contributed by atoms with Gasteiger partial charge in [0.25, 0.3) is 0 Å². The second-order valence-corrected chi connectivity index (χ2v) is 3.32. The predicted octanol–water partition coefficient (Wildman–Crippen LogP) is 1.04. The van der Waals surface area contributed by atoms with E-state index in [-0.39, 0.29) is 12.2 Å². The quantitative estimate of drug-likeness (QED) is 0.737. The highest BCUT2D eigenvalue weighted by atomic mass is 35.5. The van der Waals surface area contributed by atoms with E-state index in [1.165, 1.54) is 0 Å². The van der Waals surface area contributed by atoms with Crippen molar-refractivity contribution in [2.75, 3.05) is 0 Å². The molecular formula is C9H8ClN3O. The van der Waals surface area contributed by atoms with E-state index in [0.29, 0.717) is 16.2 Å². The Kier molecular flexibility index (Phi) is 2.23. The molecule has 0 radical (unpaired) electrons. The molecular weight excluding hydrogens is 202 g/mol. The normalized spacial score (nSPS) is 10.7. The molecule has 2 rings (SSSR count). The zero-order valence-corrected chi connectivity index (χ0v) is 8.01. The van der Waals surface area contributed by atoms with Crippen molar-refractivity contribution >= 4 is 22.5 Å². The number of hydrogen-bond acceptors (Lipinski definition) is 3. The zero-order valence-electron chi connectivity index (χ0n) is 7.25. The first-order valence-electron chi connectivity index (χ1n) is 4.09. The number of hydrogen-bond donors (Lipinski definition) is 2. The second kappa shape index (κ2) is 3.40. The van der Waals surface area contributed by atoms with Gasteiger partial charge in [-0.1, -0.05) is 11.6 Å². The Balaban J connectivity index is 2.88. The van der Waals surface area contributed by atoms with Crippen LogP contribution in [-0.2, 0) is 6.54 Å². The van der Waals surface area contributed by atoms with Gasteiger partial charge in [-0.05, 0) is 18.2 Å². The fourth-order valence-corrected chi connectivity index (χ4v) is 1.51. The number of aromatic amines is 1. The molecule has 0 saturated carbocycles. The summed E-state index contributed by atoms with van der Waals surface area (Å²) in [5.41, 5.74) is 6.37. The van der Waals surface area contributed by atoms with Crippen LogP contribution in [0, 0.1) is 0 Å². The lowest BCUT2D eigenvalue weighted by Crippen LogP contribution is -2.15. The SMILES string of the molecule is NCc1[nH]c(=O)nc2ccc(Cl)cc12. The molecule has 0 atom stereocenters. The van der Waals surface area contributed by atoms with Crippen LogP contribution in [0.5, 0.6) is 0 Å². The van der Waals surface area contributed by atoms with Crippen molar-refractivity contribution in [2.45, 2.75) is 6.54 Å². The average molecular weight is 210 g/mol. The van der Waals surface area contributed by atoms with Crippen molar-refractivity contribution < 1.29 is 0 Å². The number of nitrogens with zero attached hydrogens (tertiary/aromatic N) is 1. The number of fused-ring (bicyclic) bond motifs is 1. The molecule has 4 nitrogen and oxygen atoms in total. The van der Waals surface area contributed by atoms with Gasteiger partial charge in [0.05, 0.1) is 5.52 Å². The maximum atomic E-state index is 11.1. The Hall–Kier alpha value is -1.39. The fraction of sp³-hybridized carbons (Fsp3) is 0.111. The van der Waals surface area contributed by atoms with Gasteiger partial charge in [-0.15, -0.1) is 0 Å². The summed E-state index contributed by atoms with van der Waals surface area (Å²) < 4.78 is 0. The van der Waals surface area contributed by atoms with Crippen LogP contribution in [0.1, 0.15) is 5.69 Å². The molecule has 0 bridgehead atoms. The predicted molar refractivity (Wildman–Crippen MR) is 55.3 cm³/mol. The van der Waals surface area contributed by atoms with Crippen LogP contribution in [0.3, 0.4) is 0 Å². The second-order valence-electron chi connectivity index (χ2n) is 2.89. The van der Waals surface area contributed by atoms with Crippen LogP contribution >= 0.6 is 11.6 Å². The molecule has 3 N–H and O–H groups in total. The van der Waals surface area contributed by atoms with Gasteiger partial charge >= 0.3 is 5.69 Å². The molecule has 1 heterocycles. The molecule has 0 aliphatic rings. The van der Waals surface area contributed by atoms with Crippen molar-refractivity contribution in [3.63, 3.8) is 0 Å². The van der Waals surface area contributed by atoms with Gasteiger partial charge in [0, 0.05) is 22.6 Å². The van der Waals surface area contributed by atoms with Gasteiger partial charge in [0.1, 0.15) is 0 Å². The Bertz CT molecular complexity index is 535. The molecule has 14 heavy (non-hydrogen) atoms. The molecule has 0 fully saturated rings. The lowest BCUT2D eigenvalue weighted by atomic mass is 10.2. The smallest absolute Gasteiger partial charge is 0.325 e. The highest BCUT2D eigenvalue weighted by Gasteiger charge is 2.03. The topological polar surface area (TPSA) is 71.8 Å². The van der Waals surface area contributed by atoms with E-state index in [4.69, 9.17) is 17.3 Å². The Morgan fingerprint density at radius 3 is 3.00 bits per heavy atom. The third-order valence-corrected chi connectivity index (χ3v) is 2.20. The first-order chi connectivity index (χ1) is 6.70. The van der Waals surface area contributed by atoms with Gasteiger partial charge < -0.3 is 10.7 Å². The third kappa shape index (κ3) is 1.49. The maximum Gasteiger partial charge on any atom is 0.345 e. The molecule has 1 aromatic heterocycles. The largest absolute Gasteiger partial charge is 0.345 e. The lowest BCUT2D eigenvalue weighted by molar-refractivity contribution is 0.960. The first-order valence-corrected chi connectivity index (χ1v) is 4.47. The first kappa shape index (κ1) is 9.18. The van der Waals surface area contributed by atoms with Crippen LogP contribution in [0.4, 0.5) is 0 Å². The summed E-state index contributed by atoms with van der Waals surface area (Å²) in [7, 11) is 0. The number of nitrogens with two attached hydrogens (primary N) is 1. The summed E-state index contributed by atoms with van der Waals surface area (Å²) in [6, 6.07) is 5.13. The van der Waals surface area contributed by atoms with Crippen LogP contribution in [-0.4, -0.2) is 9.97 Å². The minimum absolute atomic E-state index is 0.259. The molecule has 1 aromatic carbocycles. The molecule has 2 aromatic rings. The summed E-state index contributed by atoms with van der Waals surface area (Å²) in [5, 5.41) is 1.39. The Labute approximate surface area is 84.7 Å². The van der Waals surface area contributed by atoms with Crippen LogP contribution in [0.2, 0.25) is 5.02 Å². The number of aromatic nitrogens is 2. The van der Waals surface area contributed by atoms with Crippen molar-refractivity contribution in [1.29, 1.82) is 0 Å². The summed E-state index contributed by atoms with van der Waals surface area (Å²) in [5.74, 6) is 0. The number of halogens is 1. The maximum absolute atomic E-state index is 11.1. The lowest BCUT2D eigenvalue weighted by Gasteiger charge is -2.02. The van der Waals surface area contributed by atoms with E-state index in [1.54, 1.807) is 18.2 Å². The molecule has 72 valence electrons. The summed E-state index contributed by atoms with van der Waals surface area (Å²) in [6.45, 7) is 0.259. The molecule has 0 amide bonds. The molecule has 0 aliphatic heterocycles. The molecule has 0 aliphatic carbocycles. The van der Waals surface area contributed by atoms with Crippen LogP contribution in [0.25, 0.3) is 10.9 Å². The van der Waals surface area contributed by atoms with Gasteiger partial charge in [0.2, 0.25) is 0 Å². The third-order valence-electron chi connectivity index (χ3n) is 1.97. The minimum atomic E-state index is -0.389. The van der Waals surface area contributed by atoms with Crippen molar-refractivity contribution in [3.8, 4) is 0 Å². The van der Waals surface area contributed by atoms with E-state index >= 15 is 0 Å². The number of benzene rings is 1. The Morgan fingerprint density at radius 2 is 2.29 bits per heavy atom. The van der Waals surface area contributed by atoms with Gasteiger partial charge in [-0.3, -0.25) is 0 Å². The highest BCUT2D eigenvalue weighted by molar-refractivity contribution is 6.31. The average Bonchev–Trinajstić information content (AvgIpc) is 2.17. The van der Waals surface area contributed by atoms with E-state index in [9.17, 15) is 4.79 Å². The number of H-pyrrole nitrogens is 1. The minimum Gasteiger partial charge on any atom is -0.325 e. The van der Waals surface area contributed by atoms with Crippen molar-refractivity contribution in [2.24, 2.45) is 5.73 Å². The zero-order chi connectivity index (χ0) is 10.1. The van der Waals surface area contributed by atoms with E-state index in [2.05, 4.69) is 9.97 Å². The van der Waals surface area contributed by atoms with Crippen molar-refractivity contribution in [3.05, 3.63) is 39.4 Å². The Morgan fingerprint density at radius 1 is 1.50 bits per heavy atom. The number of rotatable bonds is 1. The van der Waals surface area contributed by atoms with Crippen LogP contribution in [0.15, 0.2) is 23.0 Å². The van der Waals surface area contributed by atoms with E-state index < -0.39 is 0 Å². The molecule has 5 heteroatoms. The molecule has 0 unspecified atom stereocenters. The van der Waals surface area contributed by atoms with Crippen LogP contribution < -0.4 is 11.4 Å². The van der Waals surface area contributed by atoms with Gasteiger partial charge in [-0.25, -0.2) is 4.79 Å². The monoisotopic (exact) mass is 209 g/mol. The summed E-state index contributed by atoms with van der Waals surface area (Å²) in [6.07, 6.45) is 0. The highest BCUT2D eigenvalue weighted by Crippen LogP contribution is 2.18. The number of nitrogens with one attached hydrogen (secondary N) is 1. The van der Waals surface area contributed by atoms with Gasteiger partial charge in [0.15, 0.2) is 0 Å². The summed E-state index contributed by atoms with van der Waals surface area (Å²) in [4.78, 5) is 17.5.